The maximum absolute atomic E-state index is 12.1. The molecule has 0 radical (unpaired) electrons. The molecular formula is C19H20ClNO4S. The number of hydrogen-bond acceptors (Lipinski definition) is 3. The zero-order valence-electron chi connectivity index (χ0n) is 14.1. The van der Waals surface area contributed by atoms with Crippen LogP contribution in [0.1, 0.15) is 16.7 Å². The maximum atomic E-state index is 12.1. The summed E-state index contributed by atoms with van der Waals surface area (Å²) in [4.78, 5) is 10.5. The lowest BCUT2D eigenvalue weighted by molar-refractivity contribution is -0.131. The first-order chi connectivity index (χ1) is 12.3. The lowest BCUT2D eigenvalue weighted by atomic mass is 10.1. The first-order valence-electron chi connectivity index (χ1n) is 8.06. The molecule has 0 aliphatic heterocycles. The number of carbonyl (C=O) groups is 1. The Balaban J connectivity index is 1.78. The summed E-state index contributed by atoms with van der Waals surface area (Å²) in [6, 6.07) is 14.4. The van der Waals surface area contributed by atoms with Crippen molar-refractivity contribution in [2.24, 2.45) is 0 Å². The van der Waals surface area contributed by atoms with Gasteiger partial charge in [-0.3, -0.25) is 0 Å². The summed E-state index contributed by atoms with van der Waals surface area (Å²) in [5.74, 6) is -0.977. The molecule has 0 unspecified atom stereocenters. The molecule has 2 rings (SSSR count). The van der Waals surface area contributed by atoms with Crippen LogP contribution in [0.15, 0.2) is 54.6 Å². The van der Waals surface area contributed by atoms with Crippen molar-refractivity contribution in [2.45, 2.75) is 12.8 Å². The van der Waals surface area contributed by atoms with Gasteiger partial charge < -0.3 is 5.11 Å². The molecule has 2 aromatic carbocycles. The van der Waals surface area contributed by atoms with E-state index in [0.717, 1.165) is 22.8 Å². The van der Waals surface area contributed by atoms with Gasteiger partial charge in [0.1, 0.15) is 0 Å². The van der Waals surface area contributed by atoms with Crippen LogP contribution < -0.4 is 4.72 Å². The SMILES string of the molecule is O=C(O)C=Cc1ccc(CCNS(=O)(=O)CCc2ccc(Cl)cc2)cc1. The summed E-state index contributed by atoms with van der Waals surface area (Å²) in [7, 11) is -3.35. The van der Waals surface area contributed by atoms with E-state index in [4.69, 9.17) is 16.7 Å². The minimum atomic E-state index is -3.35. The Labute approximate surface area is 158 Å². The molecule has 0 aliphatic carbocycles. The molecule has 5 nitrogen and oxygen atoms in total. The number of carboxylic acids is 1. The van der Waals surface area contributed by atoms with Crippen LogP contribution in [0.4, 0.5) is 0 Å². The molecule has 0 amide bonds. The van der Waals surface area contributed by atoms with E-state index in [1.54, 1.807) is 24.3 Å². The number of carboxylic acid groups (broad SMARTS) is 1. The van der Waals surface area contributed by atoms with Gasteiger partial charge in [0.2, 0.25) is 10.0 Å². The van der Waals surface area contributed by atoms with Gasteiger partial charge >= 0.3 is 5.97 Å². The highest BCUT2D eigenvalue weighted by Gasteiger charge is 2.10. The molecule has 0 atom stereocenters. The van der Waals surface area contributed by atoms with Gasteiger partial charge in [-0.15, -0.1) is 0 Å². The highest BCUT2D eigenvalue weighted by Crippen LogP contribution is 2.10. The van der Waals surface area contributed by atoms with E-state index in [1.807, 2.05) is 24.3 Å². The van der Waals surface area contributed by atoms with Crippen molar-refractivity contribution in [1.82, 2.24) is 4.72 Å². The Morgan fingerprint density at radius 3 is 2.19 bits per heavy atom. The van der Waals surface area contributed by atoms with Crippen molar-refractivity contribution in [3.8, 4) is 0 Å². The highest BCUT2D eigenvalue weighted by atomic mass is 35.5. The first kappa shape index (κ1) is 20.2. The average Bonchev–Trinajstić information content (AvgIpc) is 2.60. The standard InChI is InChI=1S/C19H20ClNO4S/c20-18-8-5-17(6-9-18)12-14-26(24,25)21-13-11-16-3-1-15(2-4-16)7-10-19(22)23/h1-10,21H,11-14H2,(H,22,23). The van der Waals surface area contributed by atoms with Crippen LogP contribution in [0.2, 0.25) is 5.02 Å². The van der Waals surface area contributed by atoms with Crippen LogP contribution in [0.3, 0.4) is 0 Å². The monoisotopic (exact) mass is 393 g/mol. The van der Waals surface area contributed by atoms with E-state index in [-0.39, 0.29) is 5.75 Å². The molecule has 0 saturated heterocycles. The lowest BCUT2D eigenvalue weighted by Crippen LogP contribution is -2.29. The number of hydrogen-bond donors (Lipinski definition) is 2. The molecule has 0 spiro atoms. The molecule has 138 valence electrons. The Bertz CT molecular complexity index is 859. The molecular weight excluding hydrogens is 374 g/mol. The van der Waals surface area contributed by atoms with Crippen molar-refractivity contribution < 1.29 is 18.3 Å². The van der Waals surface area contributed by atoms with Crippen LogP contribution in [-0.4, -0.2) is 31.8 Å². The van der Waals surface area contributed by atoms with E-state index in [1.165, 1.54) is 6.08 Å². The Morgan fingerprint density at radius 2 is 1.58 bits per heavy atom. The fourth-order valence-electron chi connectivity index (χ4n) is 2.29. The molecule has 2 N–H and O–H groups in total. The van der Waals surface area contributed by atoms with E-state index in [2.05, 4.69) is 4.72 Å². The smallest absolute Gasteiger partial charge is 0.328 e. The van der Waals surface area contributed by atoms with Crippen LogP contribution in [0.5, 0.6) is 0 Å². The second-order valence-electron chi connectivity index (χ2n) is 5.75. The van der Waals surface area contributed by atoms with Crippen molar-refractivity contribution in [2.75, 3.05) is 12.3 Å². The minimum absolute atomic E-state index is 0.0214. The van der Waals surface area contributed by atoms with Gasteiger partial charge in [-0.1, -0.05) is 48.0 Å². The number of rotatable bonds is 9. The fraction of sp³-hybridized carbons (Fsp3) is 0.211. The Hall–Kier alpha value is -2.15. The topological polar surface area (TPSA) is 83.5 Å². The van der Waals surface area contributed by atoms with Gasteiger partial charge in [0, 0.05) is 17.6 Å². The number of aryl methyl sites for hydroxylation is 1. The van der Waals surface area contributed by atoms with E-state index in [0.29, 0.717) is 24.4 Å². The normalized spacial score (nSPS) is 11.7. The van der Waals surface area contributed by atoms with Crippen LogP contribution in [0, 0.1) is 0 Å². The van der Waals surface area contributed by atoms with Gasteiger partial charge in [-0.25, -0.2) is 17.9 Å². The van der Waals surface area contributed by atoms with Crippen molar-refractivity contribution in [1.29, 1.82) is 0 Å². The third kappa shape index (κ3) is 7.39. The van der Waals surface area contributed by atoms with Gasteiger partial charge in [0.25, 0.3) is 0 Å². The molecule has 0 fully saturated rings. The summed E-state index contributed by atoms with van der Waals surface area (Å²) in [5.41, 5.74) is 2.67. The quantitative estimate of drug-likeness (QED) is 0.641. The third-order valence-electron chi connectivity index (χ3n) is 3.71. The fourth-order valence-corrected chi connectivity index (χ4v) is 3.48. The predicted molar refractivity (Wildman–Crippen MR) is 104 cm³/mol. The summed E-state index contributed by atoms with van der Waals surface area (Å²) in [6.45, 7) is 0.313. The molecule has 0 aromatic heterocycles. The summed E-state index contributed by atoms with van der Waals surface area (Å²) >= 11 is 5.81. The number of aliphatic carboxylic acids is 1. The third-order valence-corrected chi connectivity index (χ3v) is 5.34. The van der Waals surface area contributed by atoms with Crippen LogP contribution in [-0.2, 0) is 27.7 Å². The highest BCUT2D eigenvalue weighted by molar-refractivity contribution is 7.89. The summed E-state index contributed by atoms with van der Waals surface area (Å²) in [5, 5.41) is 9.22. The van der Waals surface area contributed by atoms with Gasteiger partial charge in [-0.05, 0) is 47.7 Å². The van der Waals surface area contributed by atoms with E-state index in [9.17, 15) is 13.2 Å². The lowest BCUT2D eigenvalue weighted by Gasteiger charge is -2.07. The largest absolute Gasteiger partial charge is 0.478 e. The zero-order valence-corrected chi connectivity index (χ0v) is 15.6. The minimum Gasteiger partial charge on any atom is -0.478 e. The predicted octanol–water partition coefficient (Wildman–Crippen LogP) is 3.14. The van der Waals surface area contributed by atoms with Crippen molar-refractivity contribution in [3.63, 3.8) is 0 Å². The number of benzene rings is 2. The molecule has 0 aliphatic rings. The second-order valence-corrected chi connectivity index (χ2v) is 8.12. The summed E-state index contributed by atoms with van der Waals surface area (Å²) in [6.07, 6.45) is 3.57. The van der Waals surface area contributed by atoms with E-state index >= 15 is 0 Å². The molecule has 7 heteroatoms. The zero-order chi connectivity index (χ0) is 19.0. The number of nitrogens with one attached hydrogen (secondary N) is 1. The number of sulfonamides is 1. The van der Waals surface area contributed by atoms with Gasteiger partial charge in [-0.2, -0.15) is 0 Å². The van der Waals surface area contributed by atoms with Crippen molar-refractivity contribution >= 4 is 33.7 Å². The van der Waals surface area contributed by atoms with Gasteiger partial charge in [0.05, 0.1) is 5.75 Å². The van der Waals surface area contributed by atoms with Gasteiger partial charge in [0.15, 0.2) is 0 Å². The Morgan fingerprint density at radius 1 is 1.00 bits per heavy atom. The molecule has 2 aromatic rings. The molecule has 0 saturated carbocycles. The first-order valence-corrected chi connectivity index (χ1v) is 10.1. The Kier molecular flexibility index (Phi) is 7.38. The summed E-state index contributed by atoms with van der Waals surface area (Å²) < 4.78 is 26.7. The van der Waals surface area contributed by atoms with Crippen molar-refractivity contribution in [3.05, 3.63) is 76.3 Å². The van der Waals surface area contributed by atoms with Crippen LogP contribution in [0.25, 0.3) is 6.08 Å². The number of halogens is 1. The molecule has 0 bridgehead atoms. The second kappa shape index (κ2) is 9.52. The maximum Gasteiger partial charge on any atom is 0.328 e. The molecule has 26 heavy (non-hydrogen) atoms. The average molecular weight is 394 g/mol. The van der Waals surface area contributed by atoms with E-state index < -0.39 is 16.0 Å². The molecule has 0 heterocycles. The van der Waals surface area contributed by atoms with Crippen LogP contribution >= 0.6 is 11.6 Å².